The fourth-order valence-electron chi connectivity index (χ4n) is 1.68. The Balaban J connectivity index is 1.74. The second-order valence-corrected chi connectivity index (χ2v) is 6.62. The van der Waals surface area contributed by atoms with Crippen LogP contribution in [-0.2, 0) is 16.6 Å². The van der Waals surface area contributed by atoms with Crippen LogP contribution in [0.3, 0.4) is 0 Å². The number of hydrogen-bond acceptors (Lipinski definition) is 6. The molecule has 9 heteroatoms. The summed E-state index contributed by atoms with van der Waals surface area (Å²) in [6, 6.07) is 3.28. The minimum Gasteiger partial charge on any atom is -0.276 e. The van der Waals surface area contributed by atoms with Crippen LogP contribution in [0.2, 0.25) is 0 Å². The Bertz CT molecular complexity index is 812. The number of nitrogens with one attached hydrogen (secondary N) is 1. The van der Waals surface area contributed by atoms with Crippen LogP contribution in [0.5, 0.6) is 0 Å². The van der Waals surface area contributed by atoms with Crippen LogP contribution in [0.1, 0.15) is 5.82 Å². The van der Waals surface area contributed by atoms with Gasteiger partial charge in [-0.05, 0) is 17.5 Å². The van der Waals surface area contributed by atoms with Crippen molar-refractivity contribution in [1.29, 1.82) is 0 Å². The van der Waals surface area contributed by atoms with Gasteiger partial charge in [0.25, 0.3) is 10.0 Å². The Hall–Kier alpha value is -2.26. The molecule has 108 valence electrons. The van der Waals surface area contributed by atoms with E-state index in [2.05, 4.69) is 19.8 Å². The van der Waals surface area contributed by atoms with E-state index in [9.17, 15) is 8.42 Å². The van der Waals surface area contributed by atoms with E-state index in [1.165, 1.54) is 17.5 Å². The zero-order valence-electron chi connectivity index (χ0n) is 10.7. The molecule has 0 bridgehead atoms. The second kappa shape index (κ2) is 5.62. The van der Waals surface area contributed by atoms with Crippen molar-refractivity contribution in [3.05, 3.63) is 53.5 Å². The summed E-state index contributed by atoms with van der Waals surface area (Å²) in [7, 11) is -3.55. The van der Waals surface area contributed by atoms with Gasteiger partial charge in [0.15, 0.2) is 0 Å². The molecule has 0 saturated carbocycles. The zero-order chi connectivity index (χ0) is 14.7. The van der Waals surface area contributed by atoms with Crippen LogP contribution < -0.4 is 4.72 Å². The third kappa shape index (κ3) is 3.26. The summed E-state index contributed by atoms with van der Waals surface area (Å²) < 4.78 is 28.2. The van der Waals surface area contributed by atoms with Crippen molar-refractivity contribution in [2.24, 2.45) is 0 Å². The van der Waals surface area contributed by atoms with Crippen molar-refractivity contribution in [3.63, 3.8) is 0 Å². The molecule has 0 unspecified atom stereocenters. The number of nitrogens with zero attached hydrogens (tertiary/aromatic N) is 4. The first kappa shape index (κ1) is 13.7. The molecule has 0 aliphatic heterocycles. The van der Waals surface area contributed by atoms with Gasteiger partial charge in [0.2, 0.25) is 0 Å². The molecule has 3 heterocycles. The molecule has 0 aromatic carbocycles. The van der Waals surface area contributed by atoms with E-state index in [0.717, 1.165) is 0 Å². The minimum absolute atomic E-state index is 0.242. The summed E-state index contributed by atoms with van der Waals surface area (Å²) in [5.74, 6) is 0.604. The molecule has 3 aromatic rings. The maximum absolute atomic E-state index is 12.1. The molecule has 3 aromatic heterocycles. The molecule has 0 spiro atoms. The molecule has 0 aliphatic carbocycles. The zero-order valence-corrected chi connectivity index (χ0v) is 12.4. The Morgan fingerprint density at radius 1 is 1.29 bits per heavy atom. The Morgan fingerprint density at radius 3 is 2.81 bits per heavy atom. The lowest BCUT2D eigenvalue weighted by atomic mass is 10.5. The number of aromatic nitrogens is 4. The Labute approximate surface area is 125 Å². The lowest BCUT2D eigenvalue weighted by Gasteiger charge is -2.03. The fraction of sp³-hybridized carbons (Fsp3) is 0.0833. The third-order valence-corrected chi connectivity index (χ3v) is 4.82. The highest BCUT2D eigenvalue weighted by atomic mass is 32.2. The molecule has 7 nitrogen and oxygen atoms in total. The molecule has 0 aliphatic rings. The quantitative estimate of drug-likeness (QED) is 0.770. The van der Waals surface area contributed by atoms with Gasteiger partial charge < -0.3 is 0 Å². The topological polar surface area (TPSA) is 89.8 Å². The second-order valence-electron chi connectivity index (χ2n) is 4.16. The van der Waals surface area contributed by atoms with Crippen molar-refractivity contribution >= 4 is 27.0 Å². The standard InChI is InChI=1S/C12H11N5O2S2/c18-21(19,11-2-5-20-9-11)16-10-6-15-17(7-10)8-12-13-3-1-4-14-12/h1-7,9,16H,8H2. The normalized spacial score (nSPS) is 11.4. The number of hydrogen-bond donors (Lipinski definition) is 1. The summed E-state index contributed by atoms with van der Waals surface area (Å²) in [5, 5.41) is 7.38. The van der Waals surface area contributed by atoms with Gasteiger partial charge in [-0.3, -0.25) is 9.40 Å². The average molecular weight is 321 g/mol. The van der Waals surface area contributed by atoms with Crippen LogP contribution in [0, 0.1) is 0 Å². The lowest BCUT2D eigenvalue weighted by Crippen LogP contribution is -2.11. The Kier molecular flexibility index (Phi) is 3.67. The molecule has 1 N–H and O–H groups in total. The third-order valence-electron chi connectivity index (χ3n) is 2.61. The lowest BCUT2D eigenvalue weighted by molar-refractivity contribution is 0.601. The monoisotopic (exact) mass is 321 g/mol. The maximum Gasteiger partial charge on any atom is 0.262 e. The van der Waals surface area contributed by atoms with E-state index in [1.54, 1.807) is 46.2 Å². The van der Waals surface area contributed by atoms with Crippen LogP contribution >= 0.6 is 11.3 Å². The highest BCUT2D eigenvalue weighted by Crippen LogP contribution is 2.17. The van der Waals surface area contributed by atoms with Gasteiger partial charge in [0.1, 0.15) is 12.4 Å². The highest BCUT2D eigenvalue weighted by molar-refractivity contribution is 7.92. The van der Waals surface area contributed by atoms with E-state index >= 15 is 0 Å². The van der Waals surface area contributed by atoms with Crippen molar-refractivity contribution in [2.75, 3.05) is 4.72 Å². The number of rotatable bonds is 5. The first-order valence-corrected chi connectivity index (χ1v) is 8.39. The summed E-state index contributed by atoms with van der Waals surface area (Å²) in [4.78, 5) is 8.42. The van der Waals surface area contributed by atoms with Crippen molar-refractivity contribution in [2.45, 2.75) is 11.4 Å². The van der Waals surface area contributed by atoms with Crippen LogP contribution in [0.4, 0.5) is 5.69 Å². The van der Waals surface area contributed by atoms with E-state index in [4.69, 9.17) is 0 Å². The largest absolute Gasteiger partial charge is 0.276 e. The summed E-state index contributed by atoms with van der Waals surface area (Å²) >= 11 is 1.33. The summed E-state index contributed by atoms with van der Waals surface area (Å²) in [6.07, 6.45) is 6.34. The summed E-state index contributed by atoms with van der Waals surface area (Å²) in [6.45, 7) is 0.376. The van der Waals surface area contributed by atoms with E-state index in [1.807, 2.05) is 0 Å². The molecule has 3 rings (SSSR count). The first-order chi connectivity index (χ1) is 10.1. The molecule has 0 radical (unpaired) electrons. The fourth-order valence-corrected chi connectivity index (χ4v) is 3.73. The van der Waals surface area contributed by atoms with E-state index < -0.39 is 10.0 Å². The van der Waals surface area contributed by atoms with Crippen LogP contribution in [0.25, 0.3) is 0 Å². The maximum atomic E-state index is 12.1. The van der Waals surface area contributed by atoms with Gasteiger partial charge in [-0.1, -0.05) is 0 Å². The number of sulfonamides is 1. The SMILES string of the molecule is O=S(=O)(Nc1cnn(Cc2ncccn2)c1)c1ccsc1. The van der Waals surface area contributed by atoms with Crippen LogP contribution in [-0.4, -0.2) is 28.2 Å². The first-order valence-electron chi connectivity index (χ1n) is 5.97. The molecule has 0 amide bonds. The van der Waals surface area contributed by atoms with E-state index in [-0.39, 0.29) is 4.90 Å². The van der Waals surface area contributed by atoms with Crippen molar-refractivity contribution in [1.82, 2.24) is 19.7 Å². The summed E-state index contributed by atoms with van der Waals surface area (Å²) in [5.41, 5.74) is 0.400. The van der Waals surface area contributed by atoms with Gasteiger partial charge in [-0.15, -0.1) is 0 Å². The molecule has 0 fully saturated rings. The van der Waals surface area contributed by atoms with E-state index in [0.29, 0.717) is 18.1 Å². The van der Waals surface area contributed by atoms with Crippen molar-refractivity contribution < 1.29 is 8.42 Å². The van der Waals surface area contributed by atoms with Crippen molar-refractivity contribution in [3.8, 4) is 0 Å². The smallest absolute Gasteiger partial charge is 0.262 e. The molecule has 21 heavy (non-hydrogen) atoms. The minimum atomic E-state index is -3.55. The predicted molar refractivity (Wildman–Crippen MR) is 78.5 cm³/mol. The molecular formula is C12H11N5O2S2. The van der Waals surface area contributed by atoms with Crippen LogP contribution in [0.15, 0.2) is 52.6 Å². The highest BCUT2D eigenvalue weighted by Gasteiger charge is 2.15. The predicted octanol–water partition coefficient (Wildman–Crippen LogP) is 1.58. The molecule has 0 atom stereocenters. The number of thiophene rings is 1. The van der Waals surface area contributed by atoms with Gasteiger partial charge in [0.05, 0.1) is 16.8 Å². The average Bonchev–Trinajstić information content (AvgIpc) is 3.11. The van der Waals surface area contributed by atoms with Gasteiger partial charge in [-0.2, -0.15) is 16.4 Å². The molecule has 0 saturated heterocycles. The van der Waals surface area contributed by atoms with Gasteiger partial charge in [-0.25, -0.2) is 18.4 Å². The Morgan fingerprint density at radius 2 is 2.10 bits per heavy atom. The van der Waals surface area contributed by atoms with Gasteiger partial charge >= 0.3 is 0 Å². The number of anilines is 1. The van der Waals surface area contributed by atoms with Gasteiger partial charge in [0, 0.05) is 24.0 Å². The molecular weight excluding hydrogens is 310 g/mol.